The molecule has 1 aromatic heterocycles. The molecule has 12 nitrogen and oxygen atoms in total. The molecular formula is C29H40N6O6. The third-order valence-corrected chi connectivity index (χ3v) is 8.30. The van der Waals surface area contributed by atoms with Gasteiger partial charge in [-0.2, -0.15) is 0 Å². The van der Waals surface area contributed by atoms with Crippen LogP contribution in [0.25, 0.3) is 11.0 Å². The smallest absolute Gasteiger partial charge is 0.410 e. The molecule has 2 aromatic rings. The van der Waals surface area contributed by atoms with Crippen LogP contribution in [0, 0.1) is 5.92 Å². The number of ether oxygens (including phenoxy) is 1. The molecule has 12 heteroatoms. The third kappa shape index (κ3) is 6.17. The number of carbonyl (C=O) groups is 4. The largest absolute Gasteiger partial charge is 0.444 e. The highest BCUT2D eigenvalue weighted by Crippen LogP contribution is 2.25. The molecule has 4 heterocycles. The van der Waals surface area contributed by atoms with Gasteiger partial charge >= 0.3 is 11.8 Å². The summed E-state index contributed by atoms with van der Waals surface area (Å²) in [7, 11) is 1.62. The Labute approximate surface area is 239 Å². The van der Waals surface area contributed by atoms with Crippen LogP contribution in [0.1, 0.15) is 62.9 Å². The van der Waals surface area contributed by atoms with E-state index < -0.39 is 17.6 Å². The summed E-state index contributed by atoms with van der Waals surface area (Å²) in [5, 5.41) is 2.31. The van der Waals surface area contributed by atoms with Gasteiger partial charge in [-0.25, -0.2) is 9.59 Å². The molecule has 0 radical (unpaired) electrons. The van der Waals surface area contributed by atoms with Crippen LogP contribution in [0.3, 0.4) is 0 Å². The van der Waals surface area contributed by atoms with E-state index in [-0.39, 0.29) is 36.4 Å². The molecule has 3 fully saturated rings. The van der Waals surface area contributed by atoms with Gasteiger partial charge in [-0.3, -0.25) is 33.7 Å². The Morgan fingerprint density at radius 2 is 1.61 bits per heavy atom. The van der Waals surface area contributed by atoms with Crippen molar-refractivity contribution in [1.29, 1.82) is 0 Å². The van der Waals surface area contributed by atoms with Gasteiger partial charge < -0.3 is 14.5 Å². The summed E-state index contributed by atoms with van der Waals surface area (Å²) in [5.41, 5.74) is 0.781. The van der Waals surface area contributed by atoms with Crippen LogP contribution < -0.4 is 11.0 Å². The number of aromatic nitrogens is 2. The highest BCUT2D eigenvalue weighted by atomic mass is 16.6. The van der Waals surface area contributed by atoms with E-state index in [1.165, 1.54) is 9.13 Å². The van der Waals surface area contributed by atoms with Gasteiger partial charge in [0, 0.05) is 64.8 Å². The number of piperazine rings is 1. The van der Waals surface area contributed by atoms with E-state index in [4.69, 9.17) is 4.74 Å². The summed E-state index contributed by atoms with van der Waals surface area (Å²) in [6, 6.07) is 4.38. The van der Waals surface area contributed by atoms with Gasteiger partial charge in [0.2, 0.25) is 11.8 Å². The fourth-order valence-corrected chi connectivity index (χ4v) is 6.03. The number of imide groups is 1. The molecule has 41 heavy (non-hydrogen) atoms. The van der Waals surface area contributed by atoms with Crippen LogP contribution in [0.5, 0.6) is 0 Å². The normalized spacial score (nSPS) is 21.3. The molecule has 5 rings (SSSR count). The van der Waals surface area contributed by atoms with Crippen molar-refractivity contribution < 1.29 is 23.9 Å². The molecule has 1 N–H and O–H groups in total. The lowest BCUT2D eigenvalue weighted by atomic mass is 9.96. The first kappa shape index (κ1) is 28.8. The van der Waals surface area contributed by atoms with Crippen molar-refractivity contribution >= 4 is 34.8 Å². The van der Waals surface area contributed by atoms with Gasteiger partial charge in [0.15, 0.2) is 0 Å². The van der Waals surface area contributed by atoms with Crippen molar-refractivity contribution in [1.82, 2.24) is 29.2 Å². The van der Waals surface area contributed by atoms with Crippen molar-refractivity contribution in [2.45, 2.75) is 58.1 Å². The lowest BCUT2D eigenvalue weighted by molar-refractivity contribution is -0.135. The molecule has 0 saturated carbocycles. The number of amides is 4. The Morgan fingerprint density at radius 1 is 0.927 bits per heavy atom. The Bertz CT molecular complexity index is 1410. The van der Waals surface area contributed by atoms with E-state index in [2.05, 4.69) is 10.2 Å². The Balaban J connectivity index is 1.17. The van der Waals surface area contributed by atoms with E-state index in [1.807, 2.05) is 25.7 Å². The maximum Gasteiger partial charge on any atom is 0.410 e. The average molecular weight is 569 g/mol. The second-order valence-electron chi connectivity index (χ2n) is 12.4. The summed E-state index contributed by atoms with van der Waals surface area (Å²) in [6.07, 6.45) is 2.07. The topological polar surface area (TPSA) is 126 Å². The number of imidazole rings is 1. The van der Waals surface area contributed by atoms with Crippen molar-refractivity contribution in [2.75, 3.05) is 45.8 Å². The van der Waals surface area contributed by atoms with Gasteiger partial charge in [0.1, 0.15) is 11.6 Å². The molecular weight excluding hydrogens is 528 g/mol. The second kappa shape index (κ2) is 11.3. The molecule has 1 atom stereocenters. The minimum absolute atomic E-state index is 0.0848. The number of benzene rings is 1. The zero-order valence-corrected chi connectivity index (χ0v) is 24.4. The predicted molar refractivity (Wildman–Crippen MR) is 151 cm³/mol. The van der Waals surface area contributed by atoms with Gasteiger partial charge in [-0.1, -0.05) is 0 Å². The minimum atomic E-state index is -0.761. The number of piperidine rings is 2. The fourth-order valence-electron chi connectivity index (χ4n) is 6.03. The van der Waals surface area contributed by atoms with E-state index in [9.17, 15) is 24.0 Å². The quantitative estimate of drug-likeness (QED) is 0.557. The Hall–Kier alpha value is -3.67. The van der Waals surface area contributed by atoms with Crippen LogP contribution in [-0.4, -0.2) is 99.1 Å². The van der Waals surface area contributed by atoms with Crippen LogP contribution in [0.4, 0.5) is 4.79 Å². The highest BCUT2D eigenvalue weighted by molar-refractivity contribution is 6.01. The van der Waals surface area contributed by atoms with Crippen molar-refractivity contribution in [2.24, 2.45) is 13.0 Å². The number of nitrogens with zero attached hydrogens (tertiary/aromatic N) is 5. The SMILES string of the molecule is Cn1c(=O)n(C2CCC(=O)NC2=O)c2ccc(C(=O)N3CCN(CC4CCN(C(=O)OC(C)(C)C)CC4)CC3)cc21. The molecule has 1 unspecified atom stereocenters. The summed E-state index contributed by atoms with van der Waals surface area (Å²) in [5.74, 6) is -0.398. The maximum atomic E-state index is 13.4. The van der Waals surface area contributed by atoms with E-state index >= 15 is 0 Å². The summed E-state index contributed by atoms with van der Waals surface area (Å²) < 4.78 is 8.36. The highest BCUT2D eigenvalue weighted by Gasteiger charge is 2.32. The number of nitrogens with one attached hydrogen (secondary N) is 1. The molecule has 1 aromatic carbocycles. The first-order chi connectivity index (χ1) is 19.4. The summed E-state index contributed by atoms with van der Waals surface area (Å²) in [4.78, 5) is 68.8. The zero-order valence-electron chi connectivity index (χ0n) is 24.4. The van der Waals surface area contributed by atoms with Gasteiger partial charge in [-0.05, 0) is 64.2 Å². The summed E-state index contributed by atoms with van der Waals surface area (Å²) >= 11 is 0. The summed E-state index contributed by atoms with van der Waals surface area (Å²) in [6.45, 7) is 10.8. The van der Waals surface area contributed by atoms with Crippen molar-refractivity contribution in [3.63, 3.8) is 0 Å². The van der Waals surface area contributed by atoms with Crippen LogP contribution >= 0.6 is 0 Å². The third-order valence-electron chi connectivity index (χ3n) is 8.30. The Kier molecular flexibility index (Phi) is 7.95. The number of fused-ring (bicyclic) bond motifs is 1. The number of hydrogen-bond acceptors (Lipinski definition) is 7. The Morgan fingerprint density at radius 3 is 2.24 bits per heavy atom. The van der Waals surface area contributed by atoms with E-state index in [0.29, 0.717) is 48.7 Å². The van der Waals surface area contributed by atoms with Crippen molar-refractivity contribution in [3.8, 4) is 0 Å². The maximum absolute atomic E-state index is 13.4. The predicted octanol–water partition coefficient (Wildman–Crippen LogP) is 1.72. The van der Waals surface area contributed by atoms with Crippen LogP contribution in [0.15, 0.2) is 23.0 Å². The molecule has 0 spiro atoms. The van der Waals surface area contributed by atoms with Gasteiger partial charge in [-0.15, -0.1) is 0 Å². The standard InChI is InChI=1S/C29H40N6O6/c1-29(2,3)41-28(40)34-11-9-19(10-12-34)18-32-13-15-33(16-14-32)26(38)20-5-6-21-23(17-20)31(4)27(39)35(21)22-7-8-24(36)30-25(22)37/h5-6,17,19,22H,7-16,18H2,1-4H3,(H,30,36,37). The molecule has 222 valence electrons. The number of aryl methyl sites for hydroxylation is 1. The van der Waals surface area contributed by atoms with E-state index in [0.717, 1.165) is 32.5 Å². The second-order valence-corrected chi connectivity index (χ2v) is 12.4. The molecule has 3 saturated heterocycles. The lowest BCUT2D eigenvalue weighted by Crippen LogP contribution is -2.51. The monoisotopic (exact) mass is 568 g/mol. The molecule has 4 amide bonds. The number of carbonyl (C=O) groups excluding carboxylic acids is 4. The fraction of sp³-hybridized carbons (Fsp3) is 0.621. The number of hydrogen-bond donors (Lipinski definition) is 1. The van der Waals surface area contributed by atoms with E-state index in [1.54, 1.807) is 30.1 Å². The van der Waals surface area contributed by atoms with Gasteiger partial charge in [0.05, 0.1) is 11.0 Å². The van der Waals surface area contributed by atoms with Crippen LogP contribution in [-0.2, 0) is 21.4 Å². The molecule has 0 bridgehead atoms. The minimum Gasteiger partial charge on any atom is -0.444 e. The lowest BCUT2D eigenvalue weighted by Gasteiger charge is -2.39. The molecule has 3 aliphatic rings. The first-order valence-corrected chi connectivity index (χ1v) is 14.5. The van der Waals surface area contributed by atoms with Gasteiger partial charge in [0.25, 0.3) is 5.91 Å². The average Bonchev–Trinajstić information content (AvgIpc) is 3.17. The molecule has 0 aliphatic carbocycles. The number of rotatable bonds is 4. The van der Waals surface area contributed by atoms with Crippen LogP contribution in [0.2, 0.25) is 0 Å². The molecule has 3 aliphatic heterocycles. The van der Waals surface area contributed by atoms with Crippen molar-refractivity contribution in [3.05, 3.63) is 34.2 Å². The first-order valence-electron chi connectivity index (χ1n) is 14.5. The number of likely N-dealkylation sites (tertiary alicyclic amines) is 1. The zero-order chi connectivity index (χ0) is 29.5.